The summed E-state index contributed by atoms with van der Waals surface area (Å²) in [6, 6.07) is 14.7. The van der Waals surface area contributed by atoms with E-state index in [-0.39, 0.29) is 11.9 Å². The van der Waals surface area contributed by atoms with Gasteiger partial charge in [-0.05, 0) is 56.3 Å². The van der Waals surface area contributed by atoms with Crippen molar-refractivity contribution in [3.63, 3.8) is 0 Å². The summed E-state index contributed by atoms with van der Waals surface area (Å²) in [5, 5.41) is 2.10. The van der Waals surface area contributed by atoms with Crippen molar-refractivity contribution in [3.05, 3.63) is 75.2 Å². The second-order valence-electron chi connectivity index (χ2n) is 6.81. The van der Waals surface area contributed by atoms with Crippen LogP contribution in [0.25, 0.3) is 0 Å². The zero-order valence-corrected chi connectivity index (χ0v) is 15.6. The fourth-order valence-electron chi connectivity index (χ4n) is 3.82. The van der Waals surface area contributed by atoms with Gasteiger partial charge in [-0.15, -0.1) is 11.3 Å². The number of nitrogens with zero attached hydrogens (tertiary/aromatic N) is 2. The number of hydrogen-bond acceptors (Lipinski definition) is 2. The molecule has 0 saturated heterocycles. The second kappa shape index (κ2) is 6.19. The maximum Gasteiger partial charge on any atom is 0.260 e. The Labute approximate surface area is 152 Å². The number of anilines is 1. The molecule has 0 saturated carbocycles. The van der Waals surface area contributed by atoms with E-state index in [1.165, 1.54) is 10.4 Å². The Balaban J connectivity index is 1.70. The molecule has 1 aliphatic heterocycles. The number of carbonyl (C=O) groups is 1. The lowest BCUT2D eigenvalue weighted by molar-refractivity contribution is 0.0981. The number of hydrogen-bond donors (Lipinski definition) is 0. The number of benzene rings is 1. The first-order valence-electron chi connectivity index (χ1n) is 8.67. The minimum Gasteiger partial charge on any atom is -0.343 e. The smallest absolute Gasteiger partial charge is 0.260 e. The van der Waals surface area contributed by atoms with Crippen LogP contribution >= 0.6 is 11.3 Å². The highest BCUT2D eigenvalue weighted by Crippen LogP contribution is 2.34. The summed E-state index contributed by atoms with van der Waals surface area (Å²) >= 11 is 1.75. The van der Waals surface area contributed by atoms with Crippen LogP contribution in [0.2, 0.25) is 0 Å². The molecule has 1 aromatic carbocycles. The Bertz CT molecular complexity index is 924. The van der Waals surface area contributed by atoms with E-state index in [0.717, 1.165) is 35.6 Å². The first-order valence-corrected chi connectivity index (χ1v) is 9.55. The van der Waals surface area contributed by atoms with Crippen LogP contribution in [-0.2, 0) is 13.0 Å². The van der Waals surface area contributed by atoms with E-state index in [0.29, 0.717) is 0 Å². The van der Waals surface area contributed by atoms with Gasteiger partial charge < -0.3 is 9.47 Å². The van der Waals surface area contributed by atoms with Crippen LogP contribution in [0.4, 0.5) is 5.69 Å². The normalized spacial score (nSPS) is 16.3. The summed E-state index contributed by atoms with van der Waals surface area (Å²) in [5.74, 6) is 0.114. The third-order valence-electron chi connectivity index (χ3n) is 5.12. The lowest BCUT2D eigenvalue weighted by atomic mass is 10.1. The molecule has 0 unspecified atom stereocenters. The molecule has 3 nitrogen and oxygen atoms in total. The van der Waals surface area contributed by atoms with Gasteiger partial charge in [-0.2, -0.15) is 0 Å². The number of thiophene rings is 1. The van der Waals surface area contributed by atoms with Gasteiger partial charge in [-0.1, -0.05) is 24.3 Å². The van der Waals surface area contributed by atoms with Crippen LogP contribution in [0.5, 0.6) is 0 Å². The quantitative estimate of drug-likeness (QED) is 0.666. The molecule has 1 atom stereocenters. The topological polar surface area (TPSA) is 25.2 Å². The average molecular weight is 350 g/mol. The SMILES string of the molecule is Cc1cc(C(=O)N2c3ccccc3C[C@@H]2C)c(C)n1Cc1cccs1. The van der Waals surface area contributed by atoms with Crippen molar-refractivity contribution in [2.75, 3.05) is 4.90 Å². The highest BCUT2D eigenvalue weighted by molar-refractivity contribution is 7.09. The van der Waals surface area contributed by atoms with E-state index in [1.807, 2.05) is 23.1 Å². The van der Waals surface area contributed by atoms with Gasteiger partial charge in [0.25, 0.3) is 5.91 Å². The van der Waals surface area contributed by atoms with Gasteiger partial charge in [0.05, 0.1) is 12.1 Å². The lowest BCUT2D eigenvalue weighted by Gasteiger charge is -2.23. The summed E-state index contributed by atoms with van der Waals surface area (Å²) < 4.78 is 2.24. The number of fused-ring (bicyclic) bond motifs is 1. The van der Waals surface area contributed by atoms with E-state index in [4.69, 9.17) is 0 Å². The van der Waals surface area contributed by atoms with Gasteiger partial charge in [-0.3, -0.25) is 4.79 Å². The summed E-state index contributed by atoms with van der Waals surface area (Å²) in [4.78, 5) is 16.6. The minimum atomic E-state index is 0.114. The van der Waals surface area contributed by atoms with Crippen molar-refractivity contribution in [1.29, 1.82) is 0 Å². The highest BCUT2D eigenvalue weighted by atomic mass is 32.1. The zero-order chi connectivity index (χ0) is 17.6. The van der Waals surface area contributed by atoms with E-state index < -0.39 is 0 Å². The van der Waals surface area contributed by atoms with Gasteiger partial charge >= 0.3 is 0 Å². The standard InChI is InChI=1S/C21H22N2OS/c1-14-12-19(16(3)22(14)13-18-8-6-10-25-18)21(24)23-15(2)11-17-7-4-5-9-20(17)23/h4-10,12,15H,11,13H2,1-3H3/t15-/m0/s1. The fraction of sp³-hybridized carbons (Fsp3) is 0.286. The third kappa shape index (κ3) is 2.71. The number of carbonyl (C=O) groups excluding carboxylic acids is 1. The van der Waals surface area contributed by atoms with Crippen LogP contribution < -0.4 is 4.90 Å². The predicted molar refractivity (Wildman–Crippen MR) is 104 cm³/mol. The molecule has 3 aromatic rings. The van der Waals surface area contributed by atoms with Crippen molar-refractivity contribution < 1.29 is 4.79 Å². The summed E-state index contributed by atoms with van der Waals surface area (Å²) in [6.45, 7) is 7.09. The first-order chi connectivity index (χ1) is 12.1. The molecule has 3 heterocycles. The van der Waals surface area contributed by atoms with Crippen molar-refractivity contribution in [2.24, 2.45) is 0 Å². The number of para-hydroxylation sites is 1. The molecule has 1 amide bonds. The van der Waals surface area contributed by atoms with E-state index in [1.54, 1.807) is 11.3 Å². The number of aromatic nitrogens is 1. The molecule has 25 heavy (non-hydrogen) atoms. The largest absolute Gasteiger partial charge is 0.343 e. The van der Waals surface area contributed by atoms with Gasteiger partial charge in [0, 0.05) is 28.0 Å². The molecule has 4 heteroatoms. The van der Waals surface area contributed by atoms with Gasteiger partial charge in [0.2, 0.25) is 0 Å². The molecule has 0 radical (unpaired) electrons. The van der Waals surface area contributed by atoms with Crippen molar-refractivity contribution in [2.45, 2.75) is 39.8 Å². The Morgan fingerprint density at radius 1 is 1.20 bits per heavy atom. The Morgan fingerprint density at radius 2 is 2.00 bits per heavy atom. The first kappa shape index (κ1) is 16.2. The lowest BCUT2D eigenvalue weighted by Crippen LogP contribution is -2.36. The number of aryl methyl sites for hydroxylation is 1. The van der Waals surface area contributed by atoms with Crippen LogP contribution in [0.1, 0.15) is 39.1 Å². The number of amides is 1. The van der Waals surface area contributed by atoms with Crippen molar-refractivity contribution >= 4 is 22.9 Å². The second-order valence-corrected chi connectivity index (χ2v) is 7.84. The Kier molecular flexibility index (Phi) is 4.00. The fourth-order valence-corrected chi connectivity index (χ4v) is 4.52. The van der Waals surface area contributed by atoms with Crippen LogP contribution in [0, 0.1) is 13.8 Å². The summed E-state index contributed by atoms with van der Waals surface area (Å²) in [7, 11) is 0. The molecule has 2 aromatic heterocycles. The van der Waals surface area contributed by atoms with Gasteiger partial charge in [0.1, 0.15) is 0 Å². The number of rotatable bonds is 3. The molecular formula is C21H22N2OS. The van der Waals surface area contributed by atoms with Crippen molar-refractivity contribution in [1.82, 2.24) is 4.57 Å². The molecule has 1 aliphatic rings. The van der Waals surface area contributed by atoms with Crippen LogP contribution in [0.15, 0.2) is 47.8 Å². The van der Waals surface area contributed by atoms with Crippen LogP contribution in [-0.4, -0.2) is 16.5 Å². The molecule has 0 N–H and O–H groups in total. The molecule has 0 aliphatic carbocycles. The average Bonchev–Trinajstić information content (AvgIpc) is 3.28. The minimum absolute atomic E-state index is 0.114. The molecule has 4 rings (SSSR count). The molecular weight excluding hydrogens is 328 g/mol. The maximum atomic E-state index is 13.3. The molecule has 0 bridgehead atoms. The zero-order valence-electron chi connectivity index (χ0n) is 14.8. The molecule has 128 valence electrons. The van der Waals surface area contributed by atoms with Gasteiger partial charge in [0.15, 0.2) is 0 Å². The maximum absolute atomic E-state index is 13.3. The van der Waals surface area contributed by atoms with E-state index >= 15 is 0 Å². The third-order valence-corrected chi connectivity index (χ3v) is 5.99. The van der Waals surface area contributed by atoms with Crippen molar-refractivity contribution in [3.8, 4) is 0 Å². The Hall–Kier alpha value is -2.33. The summed E-state index contributed by atoms with van der Waals surface area (Å²) in [6.07, 6.45) is 0.926. The van der Waals surface area contributed by atoms with Crippen LogP contribution in [0.3, 0.4) is 0 Å². The monoisotopic (exact) mass is 350 g/mol. The molecule has 0 fully saturated rings. The van der Waals surface area contributed by atoms with E-state index in [2.05, 4.69) is 55.0 Å². The van der Waals surface area contributed by atoms with E-state index in [9.17, 15) is 4.79 Å². The molecule has 0 spiro atoms. The predicted octanol–water partition coefficient (Wildman–Crippen LogP) is 4.81. The highest BCUT2D eigenvalue weighted by Gasteiger charge is 2.32. The summed E-state index contributed by atoms with van der Waals surface area (Å²) in [5.41, 5.74) is 5.32. The van der Waals surface area contributed by atoms with Gasteiger partial charge in [-0.25, -0.2) is 0 Å². The Morgan fingerprint density at radius 3 is 2.76 bits per heavy atom.